The molecule has 0 fully saturated rings. The van der Waals surface area contributed by atoms with E-state index in [-0.39, 0.29) is 34.1 Å². The second kappa shape index (κ2) is 12.2. The van der Waals surface area contributed by atoms with Crippen molar-refractivity contribution in [1.82, 2.24) is 0 Å². The number of hydrogen-bond donors (Lipinski definition) is 1. The monoisotopic (exact) mass is 546 g/mol. The van der Waals surface area contributed by atoms with E-state index in [0.29, 0.717) is 12.2 Å². The lowest BCUT2D eigenvalue weighted by molar-refractivity contribution is -0.384. The van der Waals surface area contributed by atoms with E-state index in [0.717, 1.165) is 15.4 Å². The van der Waals surface area contributed by atoms with Crippen LogP contribution in [0.4, 0.5) is 22.7 Å². The van der Waals surface area contributed by atoms with Crippen LogP contribution in [0.5, 0.6) is 11.5 Å². The topological polar surface area (TPSA) is 134 Å². The highest BCUT2D eigenvalue weighted by Crippen LogP contribution is 2.36. The van der Waals surface area contributed by atoms with E-state index in [1.807, 2.05) is 37.3 Å². The first kappa shape index (κ1) is 27.3. The first-order valence-electron chi connectivity index (χ1n) is 11.7. The van der Waals surface area contributed by atoms with E-state index in [9.17, 15) is 23.7 Å². The van der Waals surface area contributed by atoms with Crippen LogP contribution in [0.2, 0.25) is 0 Å². The van der Waals surface area contributed by atoms with E-state index in [2.05, 4.69) is 5.32 Å². The third kappa shape index (κ3) is 6.58. The molecule has 0 heterocycles. The molecule has 0 aromatic heterocycles. The average Bonchev–Trinajstić information content (AvgIpc) is 2.93. The van der Waals surface area contributed by atoms with E-state index in [1.54, 1.807) is 24.3 Å². The number of rotatable bonds is 10. The van der Waals surface area contributed by atoms with Gasteiger partial charge in [0.15, 0.2) is 0 Å². The van der Waals surface area contributed by atoms with Crippen molar-refractivity contribution in [2.75, 3.05) is 16.7 Å². The van der Waals surface area contributed by atoms with Crippen molar-refractivity contribution in [3.63, 3.8) is 0 Å². The molecule has 0 amide bonds. The number of nitro benzene ring substituents is 1. The summed E-state index contributed by atoms with van der Waals surface area (Å²) in [5.41, 5.74) is 2.34. The third-order valence-electron chi connectivity index (χ3n) is 5.74. The van der Waals surface area contributed by atoms with Gasteiger partial charge in [-0.15, -0.1) is 0 Å². The molecule has 11 heteroatoms. The number of aryl methyl sites for hydroxylation is 1. The molecule has 0 radical (unpaired) electrons. The molecule has 1 atom stereocenters. The zero-order valence-corrected chi connectivity index (χ0v) is 21.8. The predicted octanol–water partition coefficient (Wildman–Crippen LogP) is 6.03. The number of nitrogens with zero attached hydrogens (tertiary/aromatic N) is 2. The number of benzene rings is 4. The number of nitrogens with one attached hydrogen (secondary N) is 1. The maximum absolute atomic E-state index is 12.7. The summed E-state index contributed by atoms with van der Waals surface area (Å²) in [6, 6.07) is 24.7. The number of nitro groups is 1. The van der Waals surface area contributed by atoms with Crippen LogP contribution >= 0.6 is 0 Å². The molecule has 0 saturated heterocycles. The third-order valence-corrected chi connectivity index (χ3v) is 6.44. The predicted molar refractivity (Wildman–Crippen MR) is 147 cm³/mol. The Morgan fingerprint density at radius 1 is 0.974 bits per heavy atom. The fourth-order valence-corrected chi connectivity index (χ4v) is 4.44. The highest BCUT2D eigenvalue weighted by Gasteiger charge is 2.22. The summed E-state index contributed by atoms with van der Waals surface area (Å²) in [7, 11) is 1.19. The highest BCUT2D eigenvalue weighted by atomic mass is 32.2. The highest BCUT2D eigenvalue weighted by molar-refractivity contribution is 7.81. The number of anilines is 3. The van der Waals surface area contributed by atoms with E-state index in [1.165, 1.54) is 43.5 Å². The minimum absolute atomic E-state index is 0.0517. The zero-order valence-electron chi connectivity index (χ0n) is 21.0. The quantitative estimate of drug-likeness (QED) is 0.110. The maximum Gasteiger partial charge on any atom is 0.340 e. The summed E-state index contributed by atoms with van der Waals surface area (Å²) in [4.78, 5) is 23.7. The van der Waals surface area contributed by atoms with E-state index >= 15 is 0 Å². The minimum Gasteiger partial charge on any atom is -0.755 e. The summed E-state index contributed by atoms with van der Waals surface area (Å²) in [5, 5.41) is 14.6. The van der Waals surface area contributed by atoms with Crippen molar-refractivity contribution >= 4 is 40.0 Å². The smallest absolute Gasteiger partial charge is 0.340 e. The van der Waals surface area contributed by atoms with Crippen molar-refractivity contribution in [3.8, 4) is 11.5 Å². The summed E-state index contributed by atoms with van der Waals surface area (Å²) in [6.45, 7) is 2.22. The fourth-order valence-electron chi connectivity index (χ4n) is 3.82. The minimum atomic E-state index is -2.75. The van der Waals surface area contributed by atoms with Gasteiger partial charge in [-0.2, -0.15) is 0 Å². The number of esters is 1. The molecule has 4 aromatic carbocycles. The molecule has 0 spiro atoms. The molecule has 200 valence electrons. The number of carbonyl (C=O) groups is 1. The molecule has 4 aromatic rings. The van der Waals surface area contributed by atoms with Gasteiger partial charge in [-0.05, 0) is 48.9 Å². The number of carbonyl (C=O) groups excluding carboxylic acids is 1. The van der Waals surface area contributed by atoms with E-state index in [4.69, 9.17) is 9.47 Å². The van der Waals surface area contributed by atoms with Crippen LogP contribution in [0.1, 0.15) is 21.5 Å². The Morgan fingerprint density at radius 3 is 2.28 bits per heavy atom. The maximum atomic E-state index is 12.7. The lowest BCUT2D eigenvalue weighted by Gasteiger charge is -2.28. The lowest BCUT2D eigenvalue weighted by Crippen LogP contribution is -2.22. The lowest BCUT2D eigenvalue weighted by atomic mass is 10.1. The Kier molecular flexibility index (Phi) is 8.54. The standard InChI is InChI=1S/C28H25N3O7S/c1-19-8-10-21(11-9-19)30(39(35)36)26-14-12-22(16-24(26)28(32)37-2)38-23-13-15-27(31(33)34)25(17-23)29-18-20-6-4-3-5-7-20/h3-17,29H,18H2,1-2H3,(H,35,36)/p-1. The molecular weight excluding hydrogens is 522 g/mol. The number of ether oxygens (including phenoxy) is 2. The Bertz CT molecular complexity index is 1510. The van der Waals surface area contributed by atoms with Crippen LogP contribution in [0, 0.1) is 17.0 Å². The van der Waals surface area contributed by atoms with Gasteiger partial charge in [0.25, 0.3) is 5.69 Å². The number of hydrogen-bond acceptors (Lipinski definition) is 8. The van der Waals surface area contributed by atoms with Gasteiger partial charge >= 0.3 is 5.97 Å². The van der Waals surface area contributed by atoms with Crippen LogP contribution in [0.3, 0.4) is 0 Å². The molecule has 1 unspecified atom stereocenters. The van der Waals surface area contributed by atoms with Crippen LogP contribution in [0.25, 0.3) is 0 Å². The summed E-state index contributed by atoms with van der Waals surface area (Å²) < 4.78 is 36.2. The van der Waals surface area contributed by atoms with Crippen molar-refractivity contribution in [2.45, 2.75) is 13.5 Å². The van der Waals surface area contributed by atoms with Crippen LogP contribution < -0.4 is 14.4 Å². The van der Waals surface area contributed by atoms with Gasteiger partial charge in [-0.25, -0.2) is 4.79 Å². The van der Waals surface area contributed by atoms with Crippen molar-refractivity contribution in [3.05, 3.63) is 118 Å². The molecule has 39 heavy (non-hydrogen) atoms. The SMILES string of the molecule is COC(=O)c1cc(Oc2ccc([N+](=O)[O-])c(NCc3ccccc3)c2)ccc1N(c1ccc(C)cc1)S(=O)[O-]. The van der Waals surface area contributed by atoms with Gasteiger partial charge in [-0.3, -0.25) is 18.6 Å². The molecule has 0 bridgehead atoms. The Balaban J connectivity index is 1.67. The van der Waals surface area contributed by atoms with Crippen molar-refractivity contribution in [2.24, 2.45) is 0 Å². The van der Waals surface area contributed by atoms with Crippen LogP contribution in [-0.2, 0) is 22.5 Å². The molecular formula is C28H24N3O7S-. The first-order valence-corrected chi connectivity index (χ1v) is 12.7. The van der Waals surface area contributed by atoms with Crippen LogP contribution in [0.15, 0.2) is 91.0 Å². The van der Waals surface area contributed by atoms with Crippen LogP contribution in [-0.4, -0.2) is 26.8 Å². The molecule has 0 saturated carbocycles. The molecule has 0 aliphatic rings. The fraction of sp³-hybridized carbons (Fsp3) is 0.107. The summed E-state index contributed by atoms with van der Waals surface area (Å²) in [6.07, 6.45) is 0. The Morgan fingerprint density at radius 2 is 1.64 bits per heavy atom. The largest absolute Gasteiger partial charge is 0.755 e. The van der Waals surface area contributed by atoms with Gasteiger partial charge in [0.1, 0.15) is 17.2 Å². The normalized spacial score (nSPS) is 11.4. The molecule has 4 rings (SSSR count). The van der Waals surface area contributed by atoms with E-state index < -0.39 is 22.2 Å². The molecule has 10 nitrogen and oxygen atoms in total. The Labute approximate surface area is 227 Å². The van der Waals surface area contributed by atoms with Gasteiger partial charge in [0, 0.05) is 18.7 Å². The average molecular weight is 547 g/mol. The van der Waals surface area contributed by atoms with Gasteiger partial charge in [-0.1, -0.05) is 48.0 Å². The summed E-state index contributed by atoms with van der Waals surface area (Å²) >= 11 is -2.75. The van der Waals surface area contributed by atoms with Gasteiger partial charge < -0.3 is 19.3 Å². The molecule has 0 aliphatic heterocycles. The first-order chi connectivity index (χ1) is 18.8. The Hall–Kier alpha value is -4.74. The second-order valence-electron chi connectivity index (χ2n) is 8.39. The zero-order chi connectivity index (χ0) is 27.9. The molecule has 1 N–H and O–H groups in total. The second-order valence-corrected chi connectivity index (χ2v) is 9.19. The summed E-state index contributed by atoms with van der Waals surface area (Å²) in [5.74, 6) is -0.308. The van der Waals surface area contributed by atoms with Crippen molar-refractivity contribution in [1.29, 1.82) is 0 Å². The van der Waals surface area contributed by atoms with Gasteiger partial charge in [0.2, 0.25) is 0 Å². The van der Waals surface area contributed by atoms with Gasteiger partial charge in [0.05, 0.1) is 40.2 Å². The number of methoxy groups -OCH3 is 1. The van der Waals surface area contributed by atoms with Crippen molar-refractivity contribution < 1.29 is 28.0 Å². The molecule has 0 aliphatic carbocycles.